The number of carbonyl (C=O) groups excluding carboxylic acids is 1. The molecule has 0 aliphatic carbocycles. The first-order chi connectivity index (χ1) is 13.2. The largest absolute Gasteiger partial charge is 0.494 e. The summed E-state index contributed by atoms with van der Waals surface area (Å²) in [5, 5.41) is 0. The summed E-state index contributed by atoms with van der Waals surface area (Å²) in [7, 11) is 1.58. The Morgan fingerprint density at radius 1 is 1.22 bits per heavy atom. The predicted molar refractivity (Wildman–Crippen MR) is 101 cm³/mol. The lowest BCUT2D eigenvalue weighted by molar-refractivity contribution is -0.119. The number of ether oxygens (including phenoxy) is 2. The highest BCUT2D eigenvalue weighted by atomic mass is 16.5. The van der Waals surface area contributed by atoms with Gasteiger partial charge in [-0.1, -0.05) is 18.2 Å². The molecule has 1 fully saturated rings. The van der Waals surface area contributed by atoms with Crippen LogP contribution in [0, 0.1) is 0 Å². The van der Waals surface area contributed by atoms with Crippen LogP contribution in [-0.4, -0.2) is 60.2 Å². The molecular formula is C20H24N4O3. The zero-order chi connectivity index (χ0) is 18.6. The van der Waals surface area contributed by atoms with Gasteiger partial charge in [0, 0.05) is 25.3 Å². The van der Waals surface area contributed by atoms with Crippen LogP contribution < -0.4 is 14.4 Å². The second kappa shape index (κ2) is 7.92. The summed E-state index contributed by atoms with van der Waals surface area (Å²) in [6, 6.07) is 8.54. The Morgan fingerprint density at radius 3 is 2.85 bits per heavy atom. The minimum atomic E-state index is -0.000151. The Kier molecular flexibility index (Phi) is 5.20. The molecular weight excluding hydrogens is 344 g/mol. The third-order valence-corrected chi connectivity index (χ3v) is 5.11. The maximum absolute atomic E-state index is 12.9. The van der Waals surface area contributed by atoms with Gasteiger partial charge in [0.2, 0.25) is 5.91 Å². The Labute approximate surface area is 158 Å². The zero-order valence-electron chi connectivity index (χ0n) is 15.5. The Balaban J connectivity index is 1.32. The highest BCUT2D eigenvalue weighted by molar-refractivity contribution is 5.96. The van der Waals surface area contributed by atoms with E-state index >= 15 is 0 Å². The fraction of sp³-hybridized carbons (Fsp3) is 0.450. The Hall–Kier alpha value is -2.67. The Bertz CT molecular complexity index is 796. The molecule has 2 aromatic rings. The van der Waals surface area contributed by atoms with Crippen molar-refractivity contribution in [3.63, 3.8) is 0 Å². The molecule has 0 saturated carbocycles. The van der Waals surface area contributed by atoms with Gasteiger partial charge >= 0.3 is 6.01 Å². The van der Waals surface area contributed by atoms with E-state index in [9.17, 15) is 4.79 Å². The number of likely N-dealkylation sites (tertiary alicyclic amines) is 1. The van der Waals surface area contributed by atoms with Crippen LogP contribution in [0.2, 0.25) is 0 Å². The molecule has 0 N–H and O–H groups in total. The second-order valence-electron chi connectivity index (χ2n) is 6.95. The van der Waals surface area contributed by atoms with Crippen LogP contribution in [0.25, 0.3) is 0 Å². The molecule has 27 heavy (non-hydrogen) atoms. The minimum absolute atomic E-state index is 0.000151. The van der Waals surface area contributed by atoms with Crippen molar-refractivity contribution in [2.75, 3.05) is 38.2 Å². The van der Waals surface area contributed by atoms with Crippen molar-refractivity contribution >= 4 is 11.6 Å². The number of anilines is 1. The maximum atomic E-state index is 12.9. The van der Waals surface area contributed by atoms with E-state index in [1.807, 2.05) is 23.1 Å². The number of aryl methyl sites for hydroxylation is 1. The summed E-state index contributed by atoms with van der Waals surface area (Å²) >= 11 is 0. The van der Waals surface area contributed by atoms with Gasteiger partial charge in [-0.3, -0.25) is 9.69 Å². The first-order valence-electron chi connectivity index (χ1n) is 9.36. The van der Waals surface area contributed by atoms with Crippen molar-refractivity contribution in [3.8, 4) is 11.8 Å². The van der Waals surface area contributed by atoms with Gasteiger partial charge in [0.1, 0.15) is 6.10 Å². The number of carbonyl (C=O) groups is 1. The lowest BCUT2D eigenvalue weighted by Gasteiger charge is -2.30. The number of hydrogen-bond donors (Lipinski definition) is 0. The average molecular weight is 368 g/mol. The van der Waals surface area contributed by atoms with E-state index in [1.165, 1.54) is 5.56 Å². The van der Waals surface area contributed by atoms with Gasteiger partial charge in [-0.05, 0) is 30.9 Å². The van der Waals surface area contributed by atoms with Gasteiger partial charge in [0.25, 0.3) is 0 Å². The molecule has 1 aromatic heterocycles. The highest BCUT2D eigenvalue weighted by Crippen LogP contribution is 2.27. The topological polar surface area (TPSA) is 67.8 Å². The molecule has 0 radical (unpaired) electrons. The predicted octanol–water partition coefficient (Wildman–Crippen LogP) is 1.92. The van der Waals surface area contributed by atoms with Crippen LogP contribution in [-0.2, 0) is 11.2 Å². The van der Waals surface area contributed by atoms with E-state index in [0.717, 1.165) is 38.0 Å². The SMILES string of the molecule is COc1cnc(OC2CCN(CC(=O)N3CCCc4ccccc43)C2)nc1. The lowest BCUT2D eigenvalue weighted by Crippen LogP contribution is -2.42. The van der Waals surface area contributed by atoms with Gasteiger partial charge in [0.05, 0.1) is 26.0 Å². The fourth-order valence-corrected chi connectivity index (χ4v) is 3.73. The van der Waals surface area contributed by atoms with Crippen molar-refractivity contribution in [1.29, 1.82) is 0 Å². The number of para-hydroxylation sites is 1. The molecule has 1 amide bonds. The molecule has 2 aliphatic heterocycles. The first kappa shape index (κ1) is 17.7. The van der Waals surface area contributed by atoms with Crippen molar-refractivity contribution in [3.05, 3.63) is 42.2 Å². The van der Waals surface area contributed by atoms with Crippen LogP contribution in [0.5, 0.6) is 11.8 Å². The molecule has 0 bridgehead atoms. The van der Waals surface area contributed by atoms with Gasteiger partial charge in [-0.15, -0.1) is 0 Å². The molecule has 7 heteroatoms. The van der Waals surface area contributed by atoms with E-state index in [-0.39, 0.29) is 12.0 Å². The van der Waals surface area contributed by atoms with Crippen molar-refractivity contribution in [2.24, 2.45) is 0 Å². The van der Waals surface area contributed by atoms with Crippen molar-refractivity contribution in [2.45, 2.75) is 25.4 Å². The summed E-state index contributed by atoms with van der Waals surface area (Å²) in [6.07, 6.45) is 6.10. The normalized spacial score (nSPS) is 19.6. The Morgan fingerprint density at radius 2 is 2.04 bits per heavy atom. The fourth-order valence-electron chi connectivity index (χ4n) is 3.73. The van der Waals surface area contributed by atoms with Crippen molar-refractivity contribution in [1.82, 2.24) is 14.9 Å². The van der Waals surface area contributed by atoms with Gasteiger partial charge in [0.15, 0.2) is 5.75 Å². The molecule has 0 spiro atoms. The van der Waals surface area contributed by atoms with Gasteiger partial charge in [-0.25, -0.2) is 0 Å². The minimum Gasteiger partial charge on any atom is -0.494 e. The second-order valence-corrected chi connectivity index (χ2v) is 6.95. The van der Waals surface area contributed by atoms with Crippen molar-refractivity contribution < 1.29 is 14.3 Å². The van der Waals surface area contributed by atoms with E-state index in [2.05, 4.69) is 20.9 Å². The van der Waals surface area contributed by atoms with Gasteiger partial charge in [-0.2, -0.15) is 9.97 Å². The number of methoxy groups -OCH3 is 1. The van der Waals surface area contributed by atoms with E-state index in [1.54, 1.807) is 19.5 Å². The monoisotopic (exact) mass is 368 g/mol. The number of nitrogens with zero attached hydrogens (tertiary/aromatic N) is 4. The number of fused-ring (bicyclic) bond motifs is 1. The third-order valence-electron chi connectivity index (χ3n) is 5.11. The summed E-state index contributed by atoms with van der Waals surface area (Å²) in [5.74, 6) is 0.756. The van der Waals surface area contributed by atoms with E-state index in [0.29, 0.717) is 24.8 Å². The number of amides is 1. The van der Waals surface area contributed by atoms with E-state index in [4.69, 9.17) is 9.47 Å². The molecule has 1 unspecified atom stereocenters. The van der Waals surface area contributed by atoms with Crippen LogP contribution >= 0.6 is 0 Å². The van der Waals surface area contributed by atoms with Crippen LogP contribution in [0.3, 0.4) is 0 Å². The third kappa shape index (κ3) is 4.03. The number of benzene rings is 1. The highest BCUT2D eigenvalue weighted by Gasteiger charge is 2.29. The number of aromatic nitrogens is 2. The zero-order valence-corrected chi connectivity index (χ0v) is 15.5. The molecule has 1 aromatic carbocycles. The summed E-state index contributed by atoms with van der Waals surface area (Å²) in [6.45, 7) is 2.75. The first-order valence-corrected chi connectivity index (χ1v) is 9.36. The molecule has 3 heterocycles. The van der Waals surface area contributed by atoms with E-state index < -0.39 is 0 Å². The number of rotatable bonds is 5. The summed E-state index contributed by atoms with van der Waals surface area (Å²) in [4.78, 5) is 25.2. The maximum Gasteiger partial charge on any atom is 0.316 e. The number of hydrogen-bond acceptors (Lipinski definition) is 6. The quantitative estimate of drug-likeness (QED) is 0.803. The molecule has 1 atom stereocenters. The van der Waals surface area contributed by atoms with Crippen LogP contribution in [0.15, 0.2) is 36.7 Å². The van der Waals surface area contributed by atoms with Gasteiger partial charge < -0.3 is 14.4 Å². The molecule has 4 rings (SSSR count). The van der Waals surface area contributed by atoms with Crippen LogP contribution in [0.1, 0.15) is 18.4 Å². The average Bonchev–Trinajstić information content (AvgIpc) is 3.14. The molecule has 2 aliphatic rings. The standard InChI is InChI=1S/C20H24N4O3/c1-26-17-11-21-20(22-12-17)27-16-8-10-23(13-16)14-19(25)24-9-4-6-15-5-2-3-7-18(15)24/h2-3,5,7,11-12,16H,4,6,8-10,13-14H2,1H3. The smallest absolute Gasteiger partial charge is 0.316 e. The molecule has 1 saturated heterocycles. The molecule has 7 nitrogen and oxygen atoms in total. The van der Waals surface area contributed by atoms with Crippen LogP contribution in [0.4, 0.5) is 5.69 Å². The lowest BCUT2D eigenvalue weighted by atomic mass is 10.0. The molecule has 142 valence electrons. The summed E-state index contributed by atoms with van der Waals surface area (Å²) < 4.78 is 10.9. The summed E-state index contributed by atoms with van der Waals surface area (Å²) in [5.41, 5.74) is 2.32.